The highest BCUT2D eigenvalue weighted by Crippen LogP contribution is 2.28. The third-order valence-corrected chi connectivity index (χ3v) is 2.68. The molecule has 1 unspecified atom stereocenters. The van der Waals surface area contributed by atoms with Crippen LogP contribution in [0.25, 0.3) is 0 Å². The predicted octanol–water partition coefficient (Wildman–Crippen LogP) is 2.00. The molecular weight excluding hydrogens is 162 g/mol. The van der Waals surface area contributed by atoms with Crippen molar-refractivity contribution in [2.45, 2.75) is 45.7 Å². The molecule has 2 nitrogen and oxygen atoms in total. The lowest BCUT2D eigenvalue weighted by molar-refractivity contribution is -0.120. The predicted molar refractivity (Wildman–Crippen MR) is 54.7 cm³/mol. The summed E-state index contributed by atoms with van der Waals surface area (Å²) < 4.78 is 0. The largest absolute Gasteiger partial charge is 0.293 e. The number of rotatable bonds is 5. The van der Waals surface area contributed by atoms with Crippen LogP contribution in [0, 0.1) is 0 Å². The van der Waals surface area contributed by atoms with E-state index in [2.05, 4.69) is 18.4 Å². The van der Waals surface area contributed by atoms with Crippen LogP contribution in [0.15, 0.2) is 12.2 Å². The third-order valence-electron chi connectivity index (χ3n) is 2.68. The molecule has 0 aromatic rings. The highest BCUT2D eigenvalue weighted by Gasteiger charge is 2.33. The lowest BCUT2D eigenvalue weighted by Gasteiger charge is -2.26. The first-order valence-electron chi connectivity index (χ1n) is 5.03. The fourth-order valence-electron chi connectivity index (χ4n) is 1.76. The van der Waals surface area contributed by atoms with Gasteiger partial charge in [-0.25, -0.2) is 0 Å². The van der Waals surface area contributed by atoms with Crippen molar-refractivity contribution in [1.29, 1.82) is 0 Å². The quantitative estimate of drug-likeness (QED) is 0.605. The summed E-state index contributed by atoms with van der Waals surface area (Å²) in [5, 5.41) is 0. The number of carbonyl (C=O) groups is 1. The maximum absolute atomic E-state index is 11.6. The molecular formula is C11H19NO. The summed E-state index contributed by atoms with van der Waals surface area (Å²) in [6.07, 6.45) is 2.50. The van der Waals surface area contributed by atoms with Gasteiger partial charge in [0.05, 0.1) is 6.04 Å². The van der Waals surface area contributed by atoms with Crippen molar-refractivity contribution in [2.24, 2.45) is 0 Å². The minimum Gasteiger partial charge on any atom is -0.293 e. The molecule has 1 aliphatic carbocycles. The fourth-order valence-corrected chi connectivity index (χ4v) is 1.76. The van der Waals surface area contributed by atoms with E-state index in [0.29, 0.717) is 11.6 Å². The van der Waals surface area contributed by atoms with E-state index in [0.717, 1.165) is 6.54 Å². The van der Waals surface area contributed by atoms with Crippen LogP contribution >= 0.6 is 0 Å². The van der Waals surface area contributed by atoms with Gasteiger partial charge in [-0.1, -0.05) is 13.5 Å². The van der Waals surface area contributed by atoms with Crippen molar-refractivity contribution in [2.75, 3.05) is 6.54 Å². The summed E-state index contributed by atoms with van der Waals surface area (Å²) in [5.74, 6) is 0.189. The van der Waals surface area contributed by atoms with Gasteiger partial charge < -0.3 is 0 Å². The molecule has 1 fully saturated rings. The Morgan fingerprint density at radius 1 is 1.62 bits per heavy atom. The number of Topliss-reactive ketones (excluding diaryl/α,β-unsaturated/α-hetero) is 1. The van der Waals surface area contributed by atoms with Gasteiger partial charge >= 0.3 is 0 Å². The van der Waals surface area contributed by atoms with Gasteiger partial charge in [0, 0.05) is 6.04 Å². The van der Waals surface area contributed by atoms with Gasteiger partial charge in [-0.2, -0.15) is 0 Å². The standard InChI is InChI=1S/C11H19NO/c1-5-12(10-6-7-10)9(4)11(13)8(2)3/h9-10H,2,5-7H2,1,3-4H3. The van der Waals surface area contributed by atoms with Gasteiger partial charge in [0.2, 0.25) is 0 Å². The molecule has 1 saturated carbocycles. The van der Waals surface area contributed by atoms with Gasteiger partial charge in [-0.3, -0.25) is 9.69 Å². The van der Waals surface area contributed by atoms with Gasteiger partial charge in [0.25, 0.3) is 0 Å². The molecule has 0 amide bonds. The Bertz CT molecular complexity index is 218. The number of hydrogen-bond acceptors (Lipinski definition) is 2. The summed E-state index contributed by atoms with van der Waals surface area (Å²) in [6.45, 7) is 10.5. The van der Waals surface area contributed by atoms with Crippen molar-refractivity contribution < 1.29 is 4.79 Å². The molecule has 0 radical (unpaired) electrons. The van der Waals surface area contributed by atoms with Crippen LogP contribution in [-0.4, -0.2) is 29.3 Å². The Morgan fingerprint density at radius 2 is 2.15 bits per heavy atom. The number of ketones is 1. The Kier molecular flexibility index (Phi) is 3.26. The van der Waals surface area contributed by atoms with Crippen molar-refractivity contribution in [3.05, 3.63) is 12.2 Å². The Morgan fingerprint density at radius 3 is 2.46 bits per heavy atom. The maximum Gasteiger partial charge on any atom is 0.174 e. The fraction of sp³-hybridized carbons (Fsp3) is 0.727. The van der Waals surface area contributed by atoms with Crippen molar-refractivity contribution >= 4 is 5.78 Å². The van der Waals surface area contributed by atoms with Crippen molar-refractivity contribution in [3.8, 4) is 0 Å². The number of nitrogens with zero attached hydrogens (tertiary/aromatic N) is 1. The topological polar surface area (TPSA) is 20.3 Å². The van der Waals surface area contributed by atoms with Crippen LogP contribution in [0.1, 0.15) is 33.6 Å². The monoisotopic (exact) mass is 181 g/mol. The average Bonchev–Trinajstić information content (AvgIpc) is 2.88. The van der Waals surface area contributed by atoms with Crippen LogP contribution in [0.3, 0.4) is 0 Å². The Labute approximate surface area is 80.6 Å². The van der Waals surface area contributed by atoms with Crippen molar-refractivity contribution in [3.63, 3.8) is 0 Å². The zero-order chi connectivity index (χ0) is 10.0. The molecule has 13 heavy (non-hydrogen) atoms. The van der Waals surface area contributed by atoms with E-state index in [4.69, 9.17) is 0 Å². The summed E-state index contributed by atoms with van der Waals surface area (Å²) in [6, 6.07) is 0.679. The molecule has 1 aliphatic rings. The second-order valence-corrected chi connectivity index (χ2v) is 3.88. The second-order valence-electron chi connectivity index (χ2n) is 3.88. The zero-order valence-corrected chi connectivity index (χ0v) is 8.84. The van der Waals surface area contributed by atoms with Crippen LogP contribution in [-0.2, 0) is 4.79 Å². The minimum atomic E-state index is 0.0231. The Balaban J connectivity index is 2.57. The van der Waals surface area contributed by atoms with E-state index in [1.807, 2.05) is 6.92 Å². The van der Waals surface area contributed by atoms with Gasteiger partial charge in [-0.05, 0) is 38.8 Å². The minimum absolute atomic E-state index is 0.0231. The zero-order valence-electron chi connectivity index (χ0n) is 8.84. The number of hydrogen-bond donors (Lipinski definition) is 0. The van der Waals surface area contributed by atoms with E-state index in [1.54, 1.807) is 6.92 Å². The van der Waals surface area contributed by atoms with Crippen LogP contribution in [0.2, 0.25) is 0 Å². The van der Waals surface area contributed by atoms with Crippen LogP contribution < -0.4 is 0 Å². The summed E-state index contributed by atoms with van der Waals surface area (Å²) in [7, 11) is 0. The molecule has 74 valence electrons. The molecule has 0 heterocycles. The smallest absolute Gasteiger partial charge is 0.174 e. The molecule has 0 aliphatic heterocycles. The molecule has 0 bridgehead atoms. The van der Waals surface area contributed by atoms with Crippen molar-refractivity contribution in [1.82, 2.24) is 4.90 Å². The molecule has 0 aromatic carbocycles. The van der Waals surface area contributed by atoms with Gasteiger partial charge in [0.15, 0.2) is 5.78 Å². The average molecular weight is 181 g/mol. The first-order valence-corrected chi connectivity index (χ1v) is 5.03. The molecule has 1 atom stereocenters. The second kappa shape index (κ2) is 4.05. The highest BCUT2D eigenvalue weighted by molar-refractivity contribution is 5.98. The summed E-state index contributed by atoms with van der Waals surface area (Å²) >= 11 is 0. The van der Waals surface area contributed by atoms with Gasteiger partial charge in [-0.15, -0.1) is 0 Å². The summed E-state index contributed by atoms with van der Waals surface area (Å²) in [4.78, 5) is 13.9. The first-order chi connectivity index (χ1) is 6.07. The first kappa shape index (κ1) is 10.5. The number of carbonyl (C=O) groups excluding carboxylic acids is 1. The van der Waals surface area contributed by atoms with Gasteiger partial charge in [0.1, 0.15) is 0 Å². The van der Waals surface area contributed by atoms with Crippen LogP contribution in [0.4, 0.5) is 0 Å². The van der Waals surface area contributed by atoms with E-state index in [-0.39, 0.29) is 11.8 Å². The van der Waals surface area contributed by atoms with E-state index in [1.165, 1.54) is 12.8 Å². The SMILES string of the molecule is C=C(C)C(=O)C(C)N(CC)C1CC1. The lowest BCUT2D eigenvalue weighted by Crippen LogP contribution is -2.40. The van der Waals surface area contributed by atoms with Crippen LogP contribution in [0.5, 0.6) is 0 Å². The van der Waals surface area contributed by atoms with E-state index in [9.17, 15) is 4.79 Å². The molecule has 0 saturated heterocycles. The molecule has 2 heteroatoms. The number of likely N-dealkylation sites (N-methyl/N-ethyl adjacent to an activating group) is 1. The molecule has 1 rings (SSSR count). The Hall–Kier alpha value is -0.630. The van der Waals surface area contributed by atoms with E-state index >= 15 is 0 Å². The summed E-state index contributed by atoms with van der Waals surface area (Å²) in [5.41, 5.74) is 0.673. The maximum atomic E-state index is 11.6. The van der Waals surface area contributed by atoms with E-state index < -0.39 is 0 Å². The molecule has 0 N–H and O–H groups in total. The lowest BCUT2D eigenvalue weighted by atomic mass is 10.1. The highest BCUT2D eigenvalue weighted by atomic mass is 16.1. The normalized spacial score (nSPS) is 18.8. The molecule has 0 spiro atoms. The molecule has 0 aromatic heterocycles. The third kappa shape index (κ3) is 2.41.